The van der Waals surface area contributed by atoms with Gasteiger partial charge in [-0.25, -0.2) is 0 Å². The van der Waals surface area contributed by atoms with Crippen molar-refractivity contribution in [2.75, 3.05) is 33.9 Å². The van der Waals surface area contributed by atoms with Crippen LogP contribution >= 0.6 is 35.3 Å². The summed E-state index contributed by atoms with van der Waals surface area (Å²) in [5.41, 5.74) is 0.708. The van der Waals surface area contributed by atoms with Crippen LogP contribution in [-0.2, 0) is 6.42 Å². The van der Waals surface area contributed by atoms with E-state index in [1.54, 1.807) is 43.8 Å². The Morgan fingerprint density at radius 2 is 1.89 bits per heavy atom. The van der Waals surface area contributed by atoms with Gasteiger partial charge < -0.3 is 25.2 Å². The van der Waals surface area contributed by atoms with Crippen LogP contribution in [-0.4, -0.2) is 44.9 Å². The minimum atomic E-state index is -0.744. The van der Waals surface area contributed by atoms with Gasteiger partial charge >= 0.3 is 0 Å². The van der Waals surface area contributed by atoms with Crippen LogP contribution in [0, 0.1) is 0 Å². The van der Waals surface area contributed by atoms with Crippen molar-refractivity contribution in [3.8, 4) is 11.5 Å². The van der Waals surface area contributed by atoms with Gasteiger partial charge in [0.05, 0.1) is 26.9 Å². The Labute approximate surface area is 182 Å². The van der Waals surface area contributed by atoms with Gasteiger partial charge in [-0.2, -0.15) is 0 Å². The van der Waals surface area contributed by atoms with E-state index >= 15 is 0 Å². The fourth-order valence-corrected chi connectivity index (χ4v) is 3.11. The number of aliphatic hydroxyl groups is 1. The number of nitrogens with one attached hydrogen (secondary N) is 2. The highest BCUT2D eigenvalue weighted by molar-refractivity contribution is 14.0. The van der Waals surface area contributed by atoms with E-state index in [1.807, 2.05) is 6.92 Å². The molecule has 150 valence electrons. The molecule has 2 rings (SSSR count). The van der Waals surface area contributed by atoms with Crippen LogP contribution in [0.25, 0.3) is 0 Å². The number of rotatable bonds is 9. The first-order chi connectivity index (χ1) is 12.7. The van der Waals surface area contributed by atoms with Gasteiger partial charge in [-0.05, 0) is 42.5 Å². The van der Waals surface area contributed by atoms with Gasteiger partial charge in [0.2, 0.25) is 0 Å². The molecule has 0 fully saturated rings. The maximum atomic E-state index is 10.5. The molecule has 0 saturated heterocycles. The van der Waals surface area contributed by atoms with E-state index in [2.05, 4.69) is 33.1 Å². The Hall–Kier alpha value is -1.52. The smallest absolute Gasteiger partial charge is 0.191 e. The number of aliphatic imine (C=N–C) groups is 1. The summed E-state index contributed by atoms with van der Waals surface area (Å²) < 4.78 is 10.5. The minimum absolute atomic E-state index is 0. The SMILES string of the molecule is CCNC(=NCC(O)c1cc(OC)cc(OC)c1)NCCc1cccs1.I. The molecule has 8 heteroatoms. The van der Waals surface area contributed by atoms with Crippen molar-refractivity contribution in [3.63, 3.8) is 0 Å². The van der Waals surface area contributed by atoms with Gasteiger partial charge in [-0.3, -0.25) is 4.99 Å². The molecule has 0 saturated carbocycles. The van der Waals surface area contributed by atoms with Crippen LogP contribution in [0.1, 0.15) is 23.5 Å². The van der Waals surface area contributed by atoms with Crippen molar-refractivity contribution in [1.29, 1.82) is 0 Å². The molecule has 3 N–H and O–H groups in total. The fraction of sp³-hybridized carbons (Fsp3) is 0.421. The van der Waals surface area contributed by atoms with E-state index in [-0.39, 0.29) is 30.5 Å². The lowest BCUT2D eigenvalue weighted by molar-refractivity contribution is 0.186. The zero-order valence-corrected chi connectivity index (χ0v) is 19.0. The summed E-state index contributed by atoms with van der Waals surface area (Å²) in [4.78, 5) is 5.82. The number of hydrogen-bond donors (Lipinski definition) is 3. The molecule has 27 heavy (non-hydrogen) atoms. The first-order valence-corrected chi connectivity index (χ1v) is 9.49. The first-order valence-electron chi connectivity index (χ1n) is 8.61. The number of hydrogen-bond acceptors (Lipinski definition) is 5. The van der Waals surface area contributed by atoms with E-state index in [4.69, 9.17) is 9.47 Å². The third-order valence-electron chi connectivity index (χ3n) is 3.77. The predicted octanol–water partition coefficient (Wildman–Crippen LogP) is 3.21. The summed E-state index contributed by atoms with van der Waals surface area (Å²) in [5, 5.41) is 19.1. The number of benzene rings is 1. The van der Waals surface area contributed by atoms with Gasteiger partial charge in [-0.1, -0.05) is 6.07 Å². The van der Waals surface area contributed by atoms with Gasteiger partial charge in [0.1, 0.15) is 11.5 Å². The van der Waals surface area contributed by atoms with Crippen LogP contribution < -0.4 is 20.1 Å². The van der Waals surface area contributed by atoms with Crippen molar-refractivity contribution in [1.82, 2.24) is 10.6 Å². The van der Waals surface area contributed by atoms with Crippen LogP contribution in [0.5, 0.6) is 11.5 Å². The third-order valence-corrected chi connectivity index (χ3v) is 4.71. The molecule has 1 unspecified atom stereocenters. The normalized spacial score (nSPS) is 12.1. The zero-order valence-electron chi connectivity index (χ0n) is 15.9. The predicted molar refractivity (Wildman–Crippen MR) is 122 cm³/mol. The molecule has 1 aromatic carbocycles. The Morgan fingerprint density at radius 3 is 2.44 bits per heavy atom. The quantitative estimate of drug-likeness (QED) is 0.277. The van der Waals surface area contributed by atoms with Crippen LogP contribution in [0.2, 0.25) is 0 Å². The maximum absolute atomic E-state index is 10.5. The number of methoxy groups -OCH3 is 2. The topological polar surface area (TPSA) is 75.1 Å². The van der Waals surface area contributed by atoms with E-state index in [1.165, 1.54) is 4.88 Å². The van der Waals surface area contributed by atoms with E-state index in [0.29, 0.717) is 23.0 Å². The summed E-state index contributed by atoms with van der Waals surface area (Å²) in [5.74, 6) is 1.98. The second-order valence-electron chi connectivity index (χ2n) is 5.64. The van der Waals surface area contributed by atoms with Crippen molar-refractivity contribution in [2.24, 2.45) is 4.99 Å². The molecule has 0 radical (unpaired) electrons. The number of thiophene rings is 1. The fourth-order valence-electron chi connectivity index (χ4n) is 2.41. The molecule has 0 aliphatic heterocycles. The van der Waals surface area contributed by atoms with Crippen LogP contribution in [0.3, 0.4) is 0 Å². The number of nitrogens with zero attached hydrogens (tertiary/aromatic N) is 1. The molecule has 1 atom stereocenters. The number of aliphatic hydroxyl groups excluding tert-OH is 1. The highest BCUT2D eigenvalue weighted by atomic mass is 127. The van der Waals surface area contributed by atoms with Crippen molar-refractivity contribution in [3.05, 3.63) is 46.2 Å². The molecule has 0 amide bonds. The average molecular weight is 505 g/mol. The monoisotopic (exact) mass is 505 g/mol. The van der Waals surface area contributed by atoms with Gasteiger partial charge in [0.25, 0.3) is 0 Å². The lowest BCUT2D eigenvalue weighted by Crippen LogP contribution is -2.38. The Balaban J connectivity index is 0.00000364. The number of ether oxygens (including phenoxy) is 2. The molecule has 1 heterocycles. The Morgan fingerprint density at radius 1 is 1.19 bits per heavy atom. The highest BCUT2D eigenvalue weighted by Gasteiger charge is 2.11. The molecule has 0 bridgehead atoms. The number of guanidine groups is 1. The highest BCUT2D eigenvalue weighted by Crippen LogP contribution is 2.26. The second-order valence-corrected chi connectivity index (χ2v) is 6.67. The van der Waals surface area contributed by atoms with Gasteiger partial charge in [-0.15, -0.1) is 35.3 Å². The lowest BCUT2D eigenvalue weighted by Gasteiger charge is -2.14. The molecule has 0 spiro atoms. The Bertz CT molecular complexity index is 673. The summed E-state index contributed by atoms with van der Waals surface area (Å²) in [6.07, 6.45) is 0.198. The van der Waals surface area contributed by atoms with Crippen LogP contribution in [0.15, 0.2) is 40.7 Å². The van der Waals surface area contributed by atoms with E-state index in [0.717, 1.165) is 19.5 Å². The van der Waals surface area contributed by atoms with Crippen LogP contribution in [0.4, 0.5) is 0 Å². The summed E-state index contributed by atoms with van der Waals surface area (Å²) in [6, 6.07) is 9.53. The molecule has 0 aliphatic carbocycles. The first kappa shape index (κ1) is 23.5. The zero-order chi connectivity index (χ0) is 18.8. The molecule has 0 aliphatic rings. The van der Waals surface area contributed by atoms with E-state index in [9.17, 15) is 5.11 Å². The summed E-state index contributed by atoms with van der Waals surface area (Å²) in [6.45, 7) is 3.80. The lowest BCUT2D eigenvalue weighted by atomic mass is 10.1. The van der Waals surface area contributed by atoms with Crippen molar-refractivity contribution in [2.45, 2.75) is 19.4 Å². The molecule has 6 nitrogen and oxygen atoms in total. The second kappa shape index (κ2) is 12.8. The van der Waals surface area contributed by atoms with Crippen molar-refractivity contribution < 1.29 is 14.6 Å². The van der Waals surface area contributed by atoms with Gasteiger partial charge in [0, 0.05) is 24.0 Å². The third kappa shape index (κ3) is 7.94. The summed E-state index contributed by atoms with van der Waals surface area (Å²) >= 11 is 1.75. The summed E-state index contributed by atoms with van der Waals surface area (Å²) in [7, 11) is 3.17. The largest absolute Gasteiger partial charge is 0.497 e. The van der Waals surface area contributed by atoms with Crippen molar-refractivity contribution >= 4 is 41.3 Å². The molecular formula is C19H28IN3O3S. The standard InChI is InChI=1S/C19H27N3O3S.HI/c1-4-20-19(21-8-7-17-6-5-9-26-17)22-13-18(23)14-10-15(24-2)12-16(11-14)25-3;/h5-6,9-12,18,23H,4,7-8,13H2,1-3H3,(H2,20,21,22);1H. The van der Waals surface area contributed by atoms with Gasteiger partial charge in [0.15, 0.2) is 5.96 Å². The molecule has 1 aromatic heterocycles. The Kier molecular flexibility index (Phi) is 11.1. The van der Waals surface area contributed by atoms with E-state index < -0.39 is 6.10 Å². The molecule has 2 aromatic rings. The average Bonchev–Trinajstić information content (AvgIpc) is 3.18. The molecular weight excluding hydrogens is 477 g/mol. The minimum Gasteiger partial charge on any atom is -0.497 e. The maximum Gasteiger partial charge on any atom is 0.191 e. The number of halogens is 1.